The van der Waals surface area contributed by atoms with Gasteiger partial charge < -0.3 is 24.7 Å². The van der Waals surface area contributed by atoms with Crippen LogP contribution in [0.5, 0.6) is 11.5 Å². The highest BCUT2D eigenvalue weighted by Crippen LogP contribution is 2.31. The van der Waals surface area contributed by atoms with E-state index in [2.05, 4.69) is 0 Å². The van der Waals surface area contributed by atoms with Crippen LogP contribution in [-0.4, -0.2) is 42.1 Å². The van der Waals surface area contributed by atoms with E-state index in [0.717, 1.165) is 12.8 Å². The van der Waals surface area contributed by atoms with E-state index in [-0.39, 0.29) is 41.6 Å². The Morgan fingerprint density at radius 1 is 0.692 bits per heavy atom. The Balaban J connectivity index is 3.00. The van der Waals surface area contributed by atoms with E-state index in [0.29, 0.717) is 24.8 Å². The Kier molecular flexibility index (Phi) is 14.8. The maximum absolute atomic E-state index is 12.7. The van der Waals surface area contributed by atoms with Gasteiger partial charge in [0.15, 0.2) is 11.5 Å². The van der Waals surface area contributed by atoms with Gasteiger partial charge in [-0.05, 0) is 57.2 Å². The lowest BCUT2D eigenvalue weighted by molar-refractivity contribution is -0.168. The van der Waals surface area contributed by atoms with Crippen LogP contribution in [0.4, 0.5) is 0 Å². The molecule has 0 aliphatic carbocycles. The number of hydrogen-bond acceptors (Lipinski definition) is 9. The van der Waals surface area contributed by atoms with E-state index in [1.807, 2.05) is 20.8 Å². The number of benzene rings is 1. The van der Waals surface area contributed by atoms with Crippen molar-refractivity contribution in [1.82, 2.24) is 0 Å². The van der Waals surface area contributed by atoms with Crippen molar-refractivity contribution in [3.8, 4) is 11.5 Å². The van der Waals surface area contributed by atoms with Crippen LogP contribution in [-0.2, 0) is 35.1 Å². The Morgan fingerprint density at radius 2 is 1.18 bits per heavy atom. The molecule has 0 fully saturated rings. The van der Waals surface area contributed by atoms with E-state index < -0.39 is 36.2 Å². The van der Waals surface area contributed by atoms with Gasteiger partial charge in [0.1, 0.15) is 18.2 Å². The summed E-state index contributed by atoms with van der Waals surface area (Å²) in [4.78, 5) is 49.9. The number of hydrogen-bond donors (Lipinski definition) is 1. The average molecular weight is 550 g/mol. The van der Waals surface area contributed by atoms with Crippen LogP contribution < -0.4 is 15.2 Å². The summed E-state index contributed by atoms with van der Waals surface area (Å²) in [5, 5.41) is 0. The first kappa shape index (κ1) is 34.1. The van der Waals surface area contributed by atoms with E-state index in [1.165, 1.54) is 6.07 Å². The standard InChI is InChI=1S/C30H47NO8/c1-9-12-19(5)28(33)38-25-15-14-23(17-26(25)39-29(34)20(6)13-10-2)16-24(31)30(35)37-22(8)21(7)36-27(32)18(4)11-3/h14-15,17-22,24H,9-13,16,31H2,1-8H3/t18?,19?,20?,21?,22-,24-/m0/s1. The maximum Gasteiger partial charge on any atom is 0.323 e. The summed E-state index contributed by atoms with van der Waals surface area (Å²) in [6, 6.07) is 3.73. The number of ether oxygens (including phenoxy) is 4. The van der Waals surface area contributed by atoms with Crippen LogP contribution in [0.2, 0.25) is 0 Å². The van der Waals surface area contributed by atoms with Gasteiger partial charge in [-0.15, -0.1) is 0 Å². The van der Waals surface area contributed by atoms with Crippen LogP contribution in [0, 0.1) is 17.8 Å². The molecule has 1 rings (SSSR count). The molecular weight excluding hydrogens is 502 g/mol. The van der Waals surface area contributed by atoms with Gasteiger partial charge in [-0.3, -0.25) is 19.2 Å². The number of carbonyl (C=O) groups is 4. The first-order chi connectivity index (χ1) is 18.3. The quantitative estimate of drug-likeness (QED) is 0.220. The molecule has 9 heteroatoms. The topological polar surface area (TPSA) is 131 Å². The second kappa shape index (κ2) is 16.9. The highest BCUT2D eigenvalue weighted by atomic mass is 16.6. The summed E-state index contributed by atoms with van der Waals surface area (Å²) >= 11 is 0. The minimum atomic E-state index is -1.02. The fourth-order valence-electron chi connectivity index (χ4n) is 3.63. The molecule has 220 valence electrons. The summed E-state index contributed by atoms with van der Waals surface area (Å²) in [6.07, 6.45) is 2.38. The molecule has 0 saturated heterocycles. The minimum absolute atomic E-state index is 0.0854. The molecular formula is C30H47NO8. The normalized spacial score (nSPS) is 15.7. The van der Waals surface area contributed by atoms with Gasteiger partial charge in [0, 0.05) is 0 Å². The molecule has 39 heavy (non-hydrogen) atoms. The minimum Gasteiger partial charge on any atom is -0.459 e. The molecule has 0 heterocycles. The third-order valence-corrected chi connectivity index (χ3v) is 6.72. The molecule has 0 saturated carbocycles. The van der Waals surface area contributed by atoms with Crippen LogP contribution >= 0.6 is 0 Å². The Labute approximate surface area is 233 Å². The Hall–Kier alpha value is -2.94. The van der Waals surface area contributed by atoms with Gasteiger partial charge in [-0.1, -0.05) is 60.5 Å². The van der Waals surface area contributed by atoms with Crippen LogP contribution in [0.15, 0.2) is 18.2 Å². The molecule has 9 nitrogen and oxygen atoms in total. The molecule has 1 aromatic rings. The fraction of sp³-hybridized carbons (Fsp3) is 0.667. The third kappa shape index (κ3) is 11.4. The zero-order chi connectivity index (χ0) is 29.7. The molecule has 4 unspecified atom stereocenters. The molecule has 0 amide bonds. The molecule has 0 spiro atoms. The number of carbonyl (C=O) groups excluding carboxylic acids is 4. The molecule has 0 aliphatic rings. The van der Waals surface area contributed by atoms with Crippen molar-refractivity contribution in [2.75, 3.05) is 0 Å². The highest BCUT2D eigenvalue weighted by molar-refractivity contribution is 5.79. The van der Waals surface area contributed by atoms with E-state index >= 15 is 0 Å². The van der Waals surface area contributed by atoms with Crippen molar-refractivity contribution in [1.29, 1.82) is 0 Å². The van der Waals surface area contributed by atoms with Crippen molar-refractivity contribution in [3.63, 3.8) is 0 Å². The first-order valence-electron chi connectivity index (χ1n) is 14.1. The summed E-state index contributed by atoms with van der Waals surface area (Å²) in [5.74, 6) is -2.53. The molecule has 0 radical (unpaired) electrons. The first-order valence-corrected chi connectivity index (χ1v) is 14.1. The van der Waals surface area contributed by atoms with Crippen LogP contribution in [0.3, 0.4) is 0 Å². The van der Waals surface area contributed by atoms with Gasteiger partial charge in [-0.2, -0.15) is 0 Å². The predicted octanol–water partition coefficient (Wildman–Crippen LogP) is 5.15. The van der Waals surface area contributed by atoms with Gasteiger partial charge in [0.25, 0.3) is 0 Å². The van der Waals surface area contributed by atoms with Crippen molar-refractivity contribution in [2.24, 2.45) is 23.5 Å². The highest BCUT2D eigenvalue weighted by Gasteiger charge is 2.26. The van der Waals surface area contributed by atoms with Gasteiger partial charge in [0.05, 0.1) is 17.8 Å². The Morgan fingerprint density at radius 3 is 1.67 bits per heavy atom. The molecule has 1 aromatic carbocycles. The van der Waals surface area contributed by atoms with E-state index in [4.69, 9.17) is 24.7 Å². The largest absolute Gasteiger partial charge is 0.459 e. The van der Waals surface area contributed by atoms with E-state index in [1.54, 1.807) is 46.8 Å². The lowest BCUT2D eigenvalue weighted by atomic mass is 10.0. The zero-order valence-corrected chi connectivity index (χ0v) is 24.8. The molecule has 0 bridgehead atoms. The molecule has 0 aromatic heterocycles. The number of nitrogens with two attached hydrogens (primary N) is 1. The van der Waals surface area contributed by atoms with Crippen molar-refractivity contribution >= 4 is 23.9 Å². The second-order valence-corrected chi connectivity index (χ2v) is 10.4. The predicted molar refractivity (Wildman–Crippen MR) is 148 cm³/mol. The van der Waals surface area contributed by atoms with Crippen molar-refractivity contribution in [3.05, 3.63) is 23.8 Å². The van der Waals surface area contributed by atoms with Crippen molar-refractivity contribution in [2.45, 2.75) is 112 Å². The molecule has 2 N–H and O–H groups in total. The number of rotatable bonds is 16. The lowest BCUT2D eigenvalue weighted by Crippen LogP contribution is -2.40. The smallest absolute Gasteiger partial charge is 0.323 e. The van der Waals surface area contributed by atoms with Gasteiger partial charge in [-0.25, -0.2) is 0 Å². The van der Waals surface area contributed by atoms with Crippen LogP contribution in [0.25, 0.3) is 0 Å². The van der Waals surface area contributed by atoms with Crippen molar-refractivity contribution < 1.29 is 38.1 Å². The zero-order valence-electron chi connectivity index (χ0n) is 24.8. The Bertz CT molecular complexity index is 962. The molecule has 6 atom stereocenters. The average Bonchev–Trinajstić information content (AvgIpc) is 2.89. The third-order valence-electron chi connectivity index (χ3n) is 6.72. The maximum atomic E-state index is 12.7. The number of esters is 4. The molecule has 0 aliphatic heterocycles. The van der Waals surface area contributed by atoms with Gasteiger partial charge >= 0.3 is 23.9 Å². The summed E-state index contributed by atoms with van der Waals surface area (Å²) in [7, 11) is 0. The lowest BCUT2D eigenvalue weighted by Gasteiger charge is -2.23. The monoisotopic (exact) mass is 549 g/mol. The fourth-order valence-corrected chi connectivity index (χ4v) is 3.63. The van der Waals surface area contributed by atoms with Gasteiger partial charge in [0.2, 0.25) is 0 Å². The van der Waals surface area contributed by atoms with E-state index in [9.17, 15) is 19.2 Å². The summed E-state index contributed by atoms with van der Waals surface area (Å²) < 4.78 is 22.0. The summed E-state index contributed by atoms with van der Waals surface area (Å²) in [5.41, 5.74) is 6.72. The second-order valence-electron chi connectivity index (χ2n) is 10.4. The summed E-state index contributed by atoms with van der Waals surface area (Å²) in [6.45, 7) is 14.5. The SMILES string of the molecule is CCCC(C)C(=O)Oc1ccc(C[C@H](N)C(=O)O[C@@H](C)C(C)OC(=O)C(C)CC)cc1OC(=O)C(C)CCC. The van der Waals surface area contributed by atoms with Crippen LogP contribution in [0.1, 0.15) is 93.1 Å².